The minimum Gasteiger partial charge on any atom is -0.314 e. The summed E-state index contributed by atoms with van der Waals surface area (Å²) in [5, 5.41) is 7.88. The van der Waals surface area contributed by atoms with E-state index in [1.165, 1.54) is 18.4 Å². The van der Waals surface area contributed by atoms with Crippen molar-refractivity contribution in [3.8, 4) is 0 Å². The van der Waals surface area contributed by atoms with Gasteiger partial charge in [0, 0.05) is 18.8 Å². The van der Waals surface area contributed by atoms with Crippen LogP contribution in [0, 0.1) is 5.92 Å². The van der Waals surface area contributed by atoms with Gasteiger partial charge >= 0.3 is 0 Å². The lowest BCUT2D eigenvalue weighted by Crippen LogP contribution is -2.29. The first-order valence-corrected chi connectivity index (χ1v) is 6.90. The van der Waals surface area contributed by atoms with Crippen LogP contribution < -0.4 is 5.32 Å². The molecule has 1 aromatic heterocycles. The van der Waals surface area contributed by atoms with Gasteiger partial charge in [0.15, 0.2) is 0 Å². The fourth-order valence-electron chi connectivity index (χ4n) is 2.10. The van der Waals surface area contributed by atoms with E-state index in [0.29, 0.717) is 6.04 Å². The molecule has 3 nitrogen and oxygen atoms in total. The minimum atomic E-state index is 0.577. The Hall–Kier alpha value is -0.830. The Bertz CT molecular complexity index is 304. The summed E-state index contributed by atoms with van der Waals surface area (Å²) in [7, 11) is 0. The standard InChI is InChI=1S/C14H27N3/c1-5-7-13(9-15-12(3)4)8-14-10-16-17(6-2)11-14/h10-13,15H,5-9H2,1-4H3. The Balaban J connectivity index is 2.47. The van der Waals surface area contributed by atoms with Crippen molar-refractivity contribution in [3.63, 3.8) is 0 Å². The summed E-state index contributed by atoms with van der Waals surface area (Å²) in [6, 6.07) is 0.577. The molecule has 1 N–H and O–H groups in total. The molecule has 0 bridgehead atoms. The van der Waals surface area contributed by atoms with Gasteiger partial charge in [-0.1, -0.05) is 27.2 Å². The highest BCUT2D eigenvalue weighted by atomic mass is 15.3. The number of hydrogen-bond acceptors (Lipinski definition) is 2. The number of nitrogens with zero attached hydrogens (tertiary/aromatic N) is 2. The molecular formula is C14H27N3. The molecule has 1 unspecified atom stereocenters. The maximum Gasteiger partial charge on any atom is 0.0521 e. The summed E-state index contributed by atoms with van der Waals surface area (Å²) < 4.78 is 2.01. The number of nitrogens with one attached hydrogen (secondary N) is 1. The molecule has 0 spiro atoms. The van der Waals surface area contributed by atoms with Crippen molar-refractivity contribution in [3.05, 3.63) is 18.0 Å². The Kier molecular flexibility index (Phi) is 6.27. The van der Waals surface area contributed by atoms with Gasteiger partial charge in [-0.05, 0) is 37.8 Å². The highest BCUT2D eigenvalue weighted by Gasteiger charge is 2.10. The number of aryl methyl sites for hydroxylation is 1. The van der Waals surface area contributed by atoms with Crippen LogP contribution in [0.3, 0.4) is 0 Å². The summed E-state index contributed by atoms with van der Waals surface area (Å²) in [5.74, 6) is 0.733. The first kappa shape index (κ1) is 14.2. The van der Waals surface area contributed by atoms with E-state index < -0.39 is 0 Å². The Labute approximate surface area is 106 Å². The molecule has 0 aromatic carbocycles. The van der Waals surface area contributed by atoms with Crippen molar-refractivity contribution in [1.29, 1.82) is 0 Å². The Morgan fingerprint density at radius 1 is 1.35 bits per heavy atom. The highest BCUT2D eigenvalue weighted by molar-refractivity contribution is 5.05. The second-order valence-electron chi connectivity index (χ2n) is 5.13. The minimum absolute atomic E-state index is 0.577. The van der Waals surface area contributed by atoms with Gasteiger partial charge in [-0.15, -0.1) is 0 Å². The molecule has 0 radical (unpaired) electrons. The van der Waals surface area contributed by atoms with Crippen molar-refractivity contribution in [2.24, 2.45) is 5.92 Å². The van der Waals surface area contributed by atoms with Gasteiger partial charge in [0.05, 0.1) is 6.20 Å². The largest absolute Gasteiger partial charge is 0.314 e. The van der Waals surface area contributed by atoms with Crippen LogP contribution in [-0.2, 0) is 13.0 Å². The van der Waals surface area contributed by atoms with Crippen molar-refractivity contribution in [2.45, 2.75) is 59.5 Å². The van der Waals surface area contributed by atoms with Gasteiger partial charge < -0.3 is 5.32 Å². The maximum absolute atomic E-state index is 4.34. The Morgan fingerprint density at radius 3 is 2.65 bits per heavy atom. The third-order valence-electron chi connectivity index (χ3n) is 3.05. The molecule has 1 atom stereocenters. The molecule has 1 aromatic rings. The van der Waals surface area contributed by atoms with Gasteiger partial charge in [0.1, 0.15) is 0 Å². The van der Waals surface area contributed by atoms with Crippen molar-refractivity contribution < 1.29 is 0 Å². The second-order valence-corrected chi connectivity index (χ2v) is 5.13. The van der Waals surface area contributed by atoms with Gasteiger partial charge in [-0.25, -0.2) is 0 Å². The van der Waals surface area contributed by atoms with E-state index >= 15 is 0 Å². The van der Waals surface area contributed by atoms with E-state index in [4.69, 9.17) is 0 Å². The lowest BCUT2D eigenvalue weighted by Gasteiger charge is -2.18. The first-order chi connectivity index (χ1) is 8.15. The lowest BCUT2D eigenvalue weighted by molar-refractivity contribution is 0.418. The molecule has 0 saturated heterocycles. The van der Waals surface area contributed by atoms with E-state index in [-0.39, 0.29) is 0 Å². The quantitative estimate of drug-likeness (QED) is 0.753. The average Bonchev–Trinajstić information content (AvgIpc) is 2.74. The monoisotopic (exact) mass is 237 g/mol. The molecular weight excluding hydrogens is 210 g/mol. The second kappa shape index (κ2) is 7.49. The smallest absolute Gasteiger partial charge is 0.0521 e. The normalized spacial score (nSPS) is 13.2. The first-order valence-electron chi connectivity index (χ1n) is 6.90. The summed E-state index contributed by atoms with van der Waals surface area (Å²) in [4.78, 5) is 0. The van der Waals surface area contributed by atoms with Crippen LogP contribution in [0.2, 0.25) is 0 Å². The molecule has 0 aliphatic carbocycles. The zero-order valence-corrected chi connectivity index (χ0v) is 11.7. The van der Waals surface area contributed by atoms with Crippen LogP contribution in [0.4, 0.5) is 0 Å². The fourth-order valence-corrected chi connectivity index (χ4v) is 2.10. The predicted octanol–water partition coefficient (Wildman–Crippen LogP) is 2.86. The van der Waals surface area contributed by atoms with Gasteiger partial charge in [-0.2, -0.15) is 5.10 Å². The van der Waals surface area contributed by atoms with E-state index in [9.17, 15) is 0 Å². The molecule has 17 heavy (non-hydrogen) atoms. The van der Waals surface area contributed by atoms with Crippen LogP contribution in [-0.4, -0.2) is 22.4 Å². The van der Waals surface area contributed by atoms with Crippen molar-refractivity contribution >= 4 is 0 Å². The molecule has 3 heteroatoms. The van der Waals surface area contributed by atoms with E-state index in [2.05, 4.69) is 44.3 Å². The molecule has 0 amide bonds. The van der Waals surface area contributed by atoms with Gasteiger partial charge in [-0.3, -0.25) is 4.68 Å². The van der Waals surface area contributed by atoms with Gasteiger partial charge in [0.2, 0.25) is 0 Å². The van der Waals surface area contributed by atoms with Crippen molar-refractivity contribution in [1.82, 2.24) is 15.1 Å². The zero-order chi connectivity index (χ0) is 12.7. The number of rotatable bonds is 8. The van der Waals surface area contributed by atoms with Crippen LogP contribution in [0.25, 0.3) is 0 Å². The summed E-state index contributed by atoms with van der Waals surface area (Å²) in [6.45, 7) is 10.9. The lowest BCUT2D eigenvalue weighted by atomic mass is 9.96. The van der Waals surface area contributed by atoms with Crippen LogP contribution in [0.1, 0.15) is 46.1 Å². The summed E-state index contributed by atoms with van der Waals surface area (Å²) in [6.07, 6.45) is 7.89. The zero-order valence-electron chi connectivity index (χ0n) is 11.7. The molecule has 1 heterocycles. The topological polar surface area (TPSA) is 29.9 Å². The molecule has 0 aliphatic rings. The molecule has 0 fully saturated rings. The third kappa shape index (κ3) is 5.35. The SMILES string of the molecule is CCCC(CNC(C)C)Cc1cnn(CC)c1. The predicted molar refractivity (Wildman–Crippen MR) is 73.1 cm³/mol. The highest BCUT2D eigenvalue weighted by Crippen LogP contribution is 2.13. The number of hydrogen-bond donors (Lipinski definition) is 1. The molecule has 1 rings (SSSR count). The average molecular weight is 237 g/mol. The summed E-state index contributed by atoms with van der Waals surface area (Å²) >= 11 is 0. The third-order valence-corrected chi connectivity index (χ3v) is 3.05. The fraction of sp³-hybridized carbons (Fsp3) is 0.786. The molecule has 0 aliphatic heterocycles. The molecule has 0 saturated carbocycles. The van der Waals surface area contributed by atoms with Crippen molar-refractivity contribution in [2.75, 3.05) is 6.54 Å². The number of aromatic nitrogens is 2. The van der Waals surface area contributed by atoms with E-state index in [1.807, 2.05) is 10.9 Å². The Morgan fingerprint density at radius 2 is 2.12 bits per heavy atom. The molecule has 98 valence electrons. The van der Waals surface area contributed by atoms with Crippen LogP contribution >= 0.6 is 0 Å². The summed E-state index contributed by atoms with van der Waals surface area (Å²) in [5.41, 5.74) is 1.37. The van der Waals surface area contributed by atoms with E-state index in [0.717, 1.165) is 25.4 Å². The van der Waals surface area contributed by atoms with E-state index in [1.54, 1.807) is 0 Å². The van der Waals surface area contributed by atoms with Crippen LogP contribution in [0.15, 0.2) is 12.4 Å². The van der Waals surface area contributed by atoms with Crippen LogP contribution in [0.5, 0.6) is 0 Å². The maximum atomic E-state index is 4.34. The van der Waals surface area contributed by atoms with Gasteiger partial charge in [0.25, 0.3) is 0 Å².